The first-order chi connectivity index (χ1) is 13.7. The van der Waals surface area contributed by atoms with E-state index in [1.54, 1.807) is 18.9 Å². The number of carbonyl (C=O) groups excluding carboxylic acids is 1. The maximum absolute atomic E-state index is 12.6. The van der Waals surface area contributed by atoms with Gasteiger partial charge in [-0.25, -0.2) is 0 Å². The predicted molar refractivity (Wildman–Crippen MR) is 124 cm³/mol. The number of nitrogens with one attached hydrogen (secondary N) is 2. The van der Waals surface area contributed by atoms with Crippen LogP contribution in [-0.4, -0.2) is 32.4 Å². The highest BCUT2D eigenvalue weighted by Gasteiger charge is 2.25. The summed E-state index contributed by atoms with van der Waals surface area (Å²) < 4.78 is 5.53. The molecule has 1 amide bonds. The number of thioether (sulfide) groups is 1. The van der Waals surface area contributed by atoms with E-state index in [4.69, 9.17) is 4.74 Å². The summed E-state index contributed by atoms with van der Waals surface area (Å²) in [6.07, 6.45) is 6.13. The average Bonchev–Trinajstić information content (AvgIpc) is 2.77. The maximum atomic E-state index is 12.6. The Balaban J connectivity index is 0.00000300. The molecule has 0 heterocycles. The first-order valence-corrected chi connectivity index (χ1v) is 11.1. The number of hydrogen-bond acceptors (Lipinski definition) is 4. The fraction of sp³-hybridized carbons (Fsp3) is 0.435. The van der Waals surface area contributed by atoms with Gasteiger partial charge in [-0.3, -0.25) is 4.79 Å². The Hall–Kier alpha value is -1.69. The number of halogens is 1. The van der Waals surface area contributed by atoms with Crippen molar-refractivity contribution in [1.82, 2.24) is 10.6 Å². The van der Waals surface area contributed by atoms with Crippen LogP contribution >= 0.6 is 24.2 Å². The highest BCUT2D eigenvalue weighted by molar-refractivity contribution is 7.98. The van der Waals surface area contributed by atoms with E-state index < -0.39 is 0 Å². The van der Waals surface area contributed by atoms with Crippen LogP contribution in [0.15, 0.2) is 47.4 Å². The second-order valence-corrected chi connectivity index (χ2v) is 8.13. The van der Waals surface area contributed by atoms with Crippen LogP contribution in [0.2, 0.25) is 0 Å². The topological polar surface area (TPSA) is 50.4 Å². The highest BCUT2D eigenvalue weighted by atomic mass is 35.5. The van der Waals surface area contributed by atoms with Gasteiger partial charge in [0.2, 0.25) is 5.91 Å². The van der Waals surface area contributed by atoms with E-state index >= 15 is 0 Å². The molecule has 29 heavy (non-hydrogen) atoms. The fourth-order valence-corrected chi connectivity index (χ4v) is 4.56. The van der Waals surface area contributed by atoms with Crippen LogP contribution in [0.4, 0.5) is 0 Å². The molecule has 0 radical (unpaired) electrons. The summed E-state index contributed by atoms with van der Waals surface area (Å²) in [5.41, 5.74) is 3.35. The van der Waals surface area contributed by atoms with Gasteiger partial charge in [0.1, 0.15) is 5.75 Å². The van der Waals surface area contributed by atoms with E-state index in [0.29, 0.717) is 12.6 Å². The Morgan fingerprint density at radius 1 is 1.14 bits per heavy atom. The van der Waals surface area contributed by atoms with Gasteiger partial charge in [0.25, 0.3) is 0 Å². The van der Waals surface area contributed by atoms with Gasteiger partial charge in [0.05, 0.1) is 7.11 Å². The lowest BCUT2D eigenvalue weighted by molar-refractivity contribution is -0.126. The fourth-order valence-electron chi connectivity index (χ4n) is 3.94. The number of carbonyl (C=O) groups is 1. The van der Waals surface area contributed by atoms with E-state index in [0.717, 1.165) is 42.6 Å². The lowest BCUT2D eigenvalue weighted by atomic mass is 9.85. The Labute approximate surface area is 184 Å². The minimum Gasteiger partial charge on any atom is -0.496 e. The summed E-state index contributed by atoms with van der Waals surface area (Å²) in [5.74, 6) is 1.09. The Bertz CT molecular complexity index is 807. The number of amides is 1. The standard InChI is InChI=1S/C23H30N2O2S.ClH/c1-24-19-11-8-16(9-12-19)23(26)25-15-18-14-17(10-13-21(18)27-2)20-6-4-5-7-22(20)28-3;/h4-7,10,13-14,16,19,24H,8-9,11-12,15H2,1-3H3,(H,25,26);1H. The molecule has 0 atom stereocenters. The summed E-state index contributed by atoms with van der Waals surface area (Å²) in [4.78, 5) is 13.9. The summed E-state index contributed by atoms with van der Waals surface area (Å²) in [6.45, 7) is 0.489. The van der Waals surface area contributed by atoms with Crippen molar-refractivity contribution in [2.75, 3.05) is 20.4 Å². The van der Waals surface area contributed by atoms with Crippen molar-refractivity contribution in [3.05, 3.63) is 48.0 Å². The van der Waals surface area contributed by atoms with Crippen molar-refractivity contribution in [2.24, 2.45) is 5.92 Å². The van der Waals surface area contributed by atoms with Crippen molar-refractivity contribution in [2.45, 2.75) is 43.2 Å². The zero-order valence-corrected chi connectivity index (χ0v) is 19.0. The molecule has 0 aromatic heterocycles. The third kappa shape index (κ3) is 5.91. The average molecular weight is 435 g/mol. The van der Waals surface area contributed by atoms with Crippen LogP contribution in [-0.2, 0) is 11.3 Å². The van der Waals surface area contributed by atoms with Crippen molar-refractivity contribution in [3.8, 4) is 16.9 Å². The minimum absolute atomic E-state index is 0. The number of hydrogen-bond donors (Lipinski definition) is 2. The third-order valence-electron chi connectivity index (χ3n) is 5.66. The molecule has 158 valence electrons. The quantitative estimate of drug-likeness (QED) is 0.608. The molecule has 2 aromatic carbocycles. The van der Waals surface area contributed by atoms with E-state index in [9.17, 15) is 4.79 Å². The molecule has 0 unspecified atom stereocenters. The van der Waals surface area contributed by atoms with Crippen LogP contribution < -0.4 is 15.4 Å². The molecule has 1 saturated carbocycles. The van der Waals surface area contributed by atoms with Gasteiger partial charge in [-0.15, -0.1) is 24.2 Å². The second-order valence-electron chi connectivity index (χ2n) is 7.28. The van der Waals surface area contributed by atoms with E-state index in [1.807, 2.05) is 13.1 Å². The number of rotatable bonds is 7. The van der Waals surface area contributed by atoms with Gasteiger partial charge >= 0.3 is 0 Å². The van der Waals surface area contributed by atoms with Gasteiger partial charge in [-0.05, 0) is 68.3 Å². The molecule has 2 aromatic rings. The molecule has 0 aliphatic heterocycles. The van der Waals surface area contributed by atoms with Crippen LogP contribution in [0.5, 0.6) is 5.75 Å². The van der Waals surface area contributed by atoms with Crippen molar-refractivity contribution < 1.29 is 9.53 Å². The molecule has 2 N–H and O–H groups in total. The highest BCUT2D eigenvalue weighted by Crippen LogP contribution is 2.33. The predicted octanol–water partition coefficient (Wildman–Crippen LogP) is 4.90. The molecule has 0 spiro atoms. The van der Waals surface area contributed by atoms with Crippen molar-refractivity contribution in [1.29, 1.82) is 0 Å². The van der Waals surface area contributed by atoms with Crippen LogP contribution in [0.25, 0.3) is 11.1 Å². The number of ether oxygens (including phenoxy) is 1. The smallest absolute Gasteiger partial charge is 0.223 e. The molecule has 6 heteroatoms. The third-order valence-corrected chi connectivity index (χ3v) is 6.45. The minimum atomic E-state index is 0. The maximum Gasteiger partial charge on any atom is 0.223 e. The van der Waals surface area contributed by atoms with Gasteiger partial charge in [-0.2, -0.15) is 0 Å². The Kier molecular flexibility index (Phi) is 9.34. The van der Waals surface area contributed by atoms with Gasteiger partial charge in [0, 0.05) is 29.0 Å². The molecular weight excluding hydrogens is 404 g/mol. The van der Waals surface area contributed by atoms with Crippen molar-refractivity contribution >= 4 is 30.1 Å². The lowest BCUT2D eigenvalue weighted by Gasteiger charge is -2.27. The molecule has 3 rings (SSSR count). The zero-order chi connectivity index (χ0) is 19.9. The lowest BCUT2D eigenvalue weighted by Crippen LogP contribution is -2.37. The normalized spacial score (nSPS) is 18.6. The summed E-state index contributed by atoms with van der Waals surface area (Å²) in [7, 11) is 3.68. The largest absolute Gasteiger partial charge is 0.496 e. The molecule has 4 nitrogen and oxygen atoms in total. The summed E-state index contributed by atoms with van der Waals surface area (Å²) in [5, 5.41) is 6.46. The first kappa shape index (κ1) is 23.6. The molecule has 0 bridgehead atoms. The van der Waals surface area contributed by atoms with Gasteiger partial charge in [0.15, 0.2) is 0 Å². The zero-order valence-electron chi connectivity index (χ0n) is 17.4. The molecule has 0 saturated heterocycles. The van der Waals surface area contributed by atoms with Gasteiger partial charge in [-0.1, -0.05) is 24.3 Å². The SMILES string of the molecule is CNC1CCC(C(=O)NCc2cc(-c3ccccc3SC)ccc2OC)CC1.Cl. The number of methoxy groups -OCH3 is 1. The van der Waals surface area contributed by atoms with Crippen LogP contribution in [0.1, 0.15) is 31.2 Å². The number of benzene rings is 2. The van der Waals surface area contributed by atoms with E-state index in [1.165, 1.54) is 10.5 Å². The first-order valence-electron chi connectivity index (χ1n) is 9.91. The molecule has 1 aliphatic carbocycles. The summed E-state index contributed by atoms with van der Waals surface area (Å²) in [6, 6.07) is 15.1. The monoisotopic (exact) mass is 434 g/mol. The second kappa shape index (κ2) is 11.5. The van der Waals surface area contributed by atoms with Crippen LogP contribution in [0.3, 0.4) is 0 Å². The van der Waals surface area contributed by atoms with Crippen molar-refractivity contribution in [3.63, 3.8) is 0 Å². The molecule has 1 aliphatic rings. The summed E-state index contributed by atoms with van der Waals surface area (Å²) >= 11 is 1.74. The Morgan fingerprint density at radius 3 is 2.52 bits per heavy atom. The molecular formula is C23H31ClN2O2S. The van der Waals surface area contributed by atoms with Gasteiger partial charge < -0.3 is 15.4 Å². The molecule has 1 fully saturated rings. The van der Waals surface area contributed by atoms with Crippen LogP contribution in [0, 0.1) is 5.92 Å². The van der Waals surface area contributed by atoms with E-state index in [2.05, 4.69) is 53.3 Å². The Morgan fingerprint density at radius 2 is 1.86 bits per heavy atom. The van der Waals surface area contributed by atoms with E-state index in [-0.39, 0.29) is 24.2 Å².